The average molecular weight is 192 g/mol. The molecule has 0 spiro atoms. The molecule has 0 radical (unpaired) electrons. The molecule has 0 aliphatic carbocycles. The van der Waals surface area contributed by atoms with Gasteiger partial charge in [-0.15, -0.1) is 0 Å². The zero-order chi connectivity index (χ0) is 9.97. The molecule has 74 valence electrons. The van der Waals surface area contributed by atoms with E-state index in [1.54, 1.807) is 6.07 Å². The van der Waals surface area contributed by atoms with Gasteiger partial charge in [0.2, 0.25) is 0 Å². The number of hydrogen-bond acceptors (Lipinski definition) is 3. The number of benzene rings is 1. The molecule has 0 amide bonds. The lowest BCUT2D eigenvalue weighted by molar-refractivity contribution is 0.112. The summed E-state index contributed by atoms with van der Waals surface area (Å²) >= 11 is 0. The van der Waals surface area contributed by atoms with Crippen molar-refractivity contribution in [1.29, 1.82) is 0 Å². The van der Waals surface area contributed by atoms with Crippen LogP contribution < -0.4 is 4.74 Å². The summed E-state index contributed by atoms with van der Waals surface area (Å²) in [5.74, 6) is 0.769. The molecule has 1 aromatic rings. The summed E-state index contributed by atoms with van der Waals surface area (Å²) in [6.07, 6.45) is 1.09. The third-order valence-electron chi connectivity index (χ3n) is 2.28. The van der Waals surface area contributed by atoms with Crippen LogP contribution in [0, 0.1) is 6.92 Å². The summed E-state index contributed by atoms with van der Waals surface area (Å²) in [6, 6.07) is 5.47. The molecule has 14 heavy (non-hydrogen) atoms. The summed E-state index contributed by atoms with van der Waals surface area (Å²) in [6.45, 7) is 3.24. The minimum atomic E-state index is 0.245. The molecule has 1 heterocycles. The van der Waals surface area contributed by atoms with E-state index in [-0.39, 0.29) is 6.10 Å². The van der Waals surface area contributed by atoms with E-state index in [0.717, 1.165) is 24.2 Å². The minimum absolute atomic E-state index is 0.245. The topological polar surface area (TPSA) is 38.8 Å². The first-order valence-electron chi connectivity index (χ1n) is 4.60. The molecule has 1 unspecified atom stereocenters. The van der Waals surface area contributed by atoms with E-state index >= 15 is 0 Å². The van der Waals surface area contributed by atoms with Crippen LogP contribution in [0.4, 0.5) is 0 Å². The number of hydrogen-bond donors (Lipinski definition) is 0. The van der Waals surface area contributed by atoms with Crippen molar-refractivity contribution in [2.45, 2.75) is 13.0 Å². The zero-order valence-corrected chi connectivity index (χ0v) is 8.03. The van der Waals surface area contributed by atoms with Gasteiger partial charge in [-0.05, 0) is 13.0 Å². The van der Waals surface area contributed by atoms with Crippen LogP contribution in [0.2, 0.25) is 0 Å². The maximum atomic E-state index is 10.6. The van der Waals surface area contributed by atoms with E-state index in [0.29, 0.717) is 12.2 Å². The van der Waals surface area contributed by atoms with Crippen LogP contribution >= 0.6 is 0 Å². The Hall–Kier alpha value is -1.35. The van der Waals surface area contributed by atoms with Crippen LogP contribution in [0.3, 0.4) is 0 Å². The van der Waals surface area contributed by atoms with E-state index in [9.17, 15) is 4.79 Å². The molecule has 0 N–H and O–H groups in total. The maximum absolute atomic E-state index is 10.6. The Morgan fingerprint density at radius 2 is 2.43 bits per heavy atom. The van der Waals surface area contributed by atoms with E-state index in [2.05, 4.69) is 0 Å². The van der Waals surface area contributed by atoms with Crippen LogP contribution in [-0.4, -0.2) is 25.6 Å². The molecule has 2 rings (SSSR count). The largest absolute Gasteiger partial charge is 0.490 e. The van der Waals surface area contributed by atoms with Crippen molar-refractivity contribution in [1.82, 2.24) is 0 Å². The summed E-state index contributed by atoms with van der Waals surface area (Å²) < 4.78 is 10.6. The van der Waals surface area contributed by atoms with Gasteiger partial charge in [0.1, 0.15) is 24.7 Å². The van der Waals surface area contributed by atoms with E-state index in [1.807, 2.05) is 19.1 Å². The Morgan fingerprint density at radius 3 is 3.07 bits per heavy atom. The number of epoxide rings is 1. The lowest BCUT2D eigenvalue weighted by atomic mass is 10.1. The van der Waals surface area contributed by atoms with Crippen LogP contribution in [0.1, 0.15) is 15.9 Å². The van der Waals surface area contributed by atoms with Crippen molar-refractivity contribution in [2.24, 2.45) is 0 Å². The fourth-order valence-corrected chi connectivity index (χ4v) is 1.26. The number of rotatable bonds is 4. The number of carbonyl (C=O) groups is 1. The Morgan fingerprint density at radius 1 is 1.64 bits per heavy atom. The van der Waals surface area contributed by atoms with Crippen molar-refractivity contribution in [3.63, 3.8) is 0 Å². The van der Waals surface area contributed by atoms with Gasteiger partial charge in [0.05, 0.1) is 6.61 Å². The molecule has 1 aliphatic heterocycles. The van der Waals surface area contributed by atoms with Gasteiger partial charge in [0, 0.05) is 11.1 Å². The first-order valence-corrected chi connectivity index (χ1v) is 4.60. The van der Waals surface area contributed by atoms with Crippen LogP contribution in [0.5, 0.6) is 5.75 Å². The van der Waals surface area contributed by atoms with Gasteiger partial charge in [-0.2, -0.15) is 0 Å². The smallest absolute Gasteiger partial charge is 0.150 e. The van der Waals surface area contributed by atoms with Crippen LogP contribution in [-0.2, 0) is 4.74 Å². The second kappa shape index (κ2) is 3.80. The van der Waals surface area contributed by atoms with Crippen molar-refractivity contribution < 1.29 is 14.3 Å². The zero-order valence-electron chi connectivity index (χ0n) is 8.03. The van der Waals surface area contributed by atoms with Crippen molar-refractivity contribution >= 4 is 6.29 Å². The van der Waals surface area contributed by atoms with Crippen molar-refractivity contribution in [2.75, 3.05) is 13.2 Å². The third-order valence-corrected chi connectivity index (χ3v) is 2.28. The molecule has 0 aromatic heterocycles. The van der Waals surface area contributed by atoms with Gasteiger partial charge >= 0.3 is 0 Å². The highest BCUT2D eigenvalue weighted by Gasteiger charge is 2.23. The molecule has 1 saturated heterocycles. The summed E-state index contributed by atoms with van der Waals surface area (Å²) in [5.41, 5.74) is 1.57. The Balaban J connectivity index is 2.10. The molecule has 1 aliphatic rings. The van der Waals surface area contributed by atoms with Crippen molar-refractivity contribution in [3.8, 4) is 5.75 Å². The quantitative estimate of drug-likeness (QED) is 0.537. The molecule has 1 aromatic carbocycles. The summed E-state index contributed by atoms with van der Waals surface area (Å²) in [4.78, 5) is 10.6. The summed E-state index contributed by atoms with van der Waals surface area (Å²) in [7, 11) is 0. The van der Waals surface area contributed by atoms with Gasteiger partial charge < -0.3 is 9.47 Å². The van der Waals surface area contributed by atoms with Gasteiger partial charge in [-0.25, -0.2) is 0 Å². The standard InChI is InChI=1S/C11H12O3/c1-8-9(5-12)3-2-4-11(8)14-7-10-6-13-10/h2-5,10H,6-7H2,1H3. The maximum Gasteiger partial charge on any atom is 0.150 e. The predicted molar refractivity (Wildman–Crippen MR) is 51.8 cm³/mol. The van der Waals surface area contributed by atoms with Gasteiger partial charge in [-0.3, -0.25) is 4.79 Å². The molecule has 0 bridgehead atoms. The molecule has 3 heteroatoms. The lowest BCUT2D eigenvalue weighted by Crippen LogP contribution is -2.05. The van der Waals surface area contributed by atoms with Gasteiger partial charge in [-0.1, -0.05) is 12.1 Å². The first-order chi connectivity index (χ1) is 6.81. The Labute approximate surface area is 82.6 Å². The van der Waals surface area contributed by atoms with Crippen LogP contribution in [0.25, 0.3) is 0 Å². The fourth-order valence-electron chi connectivity index (χ4n) is 1.26. The second-order valence-electron chi connectivity index (χ2n) is 3.35. The molecular weight excluding hydrogens is 180 g/mol. The predicted octanol–water partition coefficient (Wildman–Crippen LogP) is 1.59. The second-order valence-corrected chi connectivity index (χ2v) is 3.35. The van der Waals surface area contributed by atoms with Gasteiger partial charge in [0.25, 0.3) is 0 Å². The molecule has 0 saturated carbocycles. The Bertz CT molecular complexity index is 342. The van der Waals surface area contributed by atoms with E-state index in [1.165, 1.54) is 0 Å². The van der Waals surface area contributed by atoms with E-state index < -0.39 is 0 Å². The lowest BCUT2D eigenvalue weighted by Gasteiger charge is -2.08. The molecule has 1 atom stereocenters. The highest BCUT2D eigenvalue weighted by atomic mass is 16.6. The van der Waals surface area contributed by atoms with E-state index in [4.69, 9.17) is 9.47 Å². The van der Waals surface area contributed by atoms with Crippen LogP contribution in [0.15, 0.2) is 18.2 Å². The highest BCUT2D eigenvalue weighted by molar-refractivity contribution is 5.78. The summed E-state index contributed by atoms with van der Waals surface area (Å²) in [5, 5.41) is 0. The minimum Gasteiger partial charge on any atom is -0.490 e. The number of ether oxygens (including phenoxy) is 2. The number of aldehydes is 1. The number of carbonyl (C=O) groups excluding carboxylic acids is 1. The SMILES string of the molecule is Cc1c(C=O)cccc1OCC1CO1. The van der Waals surface area contributed by atoms with Crippen molar-refractivity contribution in [3.05, 3.63) is 29.3 Å². The average Bonchev–Trinajstić information content (AvgIpc) is 3.00. The highest BCUT2D eigenvalue weighted by Crippen LogP contribution is 2.21. The normalized spacial score (nSPS) is 19.1. The molecule has 1 fully saturated rings. The first kappa shape index (κ1) is 9.21. The molecular formula is C11H12O3. The molecule has 3 nitrogen and oxygen atoms in total. The fraction of sp³-hybridized carbons (Fsp3) is 0.364. The van der Waals surface area contributed by atoms with Gasteiger partial charge in [0.15, 0.2) is 0 Å². The monoisotopic (exact) mass is 192 g/mol. The Kier molecular flexibility index (Phi) is 2.50. The third kappa shape index (κ3) is 1.93.